The maximum absolute atomic E-state index is 13.6. The fourth-order valence-corrected chi connectivity index (χ4v) is 3.82. The molecule has 1 heterocycles. The van der Waals surface area contributed by atoms with E-state index < -0.39 is 11.8 Å². The minimum atomic E-state index is -0.539. The van der Waals surface area contributed by atoms with Crippen LogP contribution < -0.4 is 9.64 Å². The average Bonchev–Trinajstić information content (AvgIpc) is 3.15. The summed E-state index contributed by atoms with van der Waals surface area (Å²) in [5.41, 5.74) is 1.25. The first-order valence-electron chi connectivity index (χ1n) is 9.40. The number of amides is 1. The molecule has 4 rings (SSSR count). The first-order chi connectivity index (χ1) is 15.5. The van der Waals surface area contributed by atoms with Crippen molar-refractivity contribution in [2.24, 2.45) is 10.2 Å². The van der Waals surface area contributed by atoms with Gasteiger partial charge in [-0.3, -0.25) is 9.69 Å². The van der Waals surface area contributed by atoms with Crippen molar-refractivity contribution in [1.29, 1.82) is 0 Å². The van der Waals surface area contributed by atoms with E-state index >= 15 is 0 Å². The van der Waals surface area contributed by atoms with Crippen LogP contribution in [0.5, 0.6) is 5.75 Å². The summed E-state index contributed by atoms with van der Waals surface area (Å²) in [7, 11) is 0. The Kier molecular flexibility index (Phi) is 6.63. The van der Waals surface area contributed by atoms with Gasteiger partial charge in [-0.15, -0.1) is 5.10 Å². The number of thioether (sulfide) groups is 1. The molecule has 1 aliphatic rings. The number of amidine groups is 1. The lowest BCUT2D eigenvalue weighted by molar-refractivity contribution is -0.115. The number of anilines is 1. The van der Waals surface area contributed by atoms with E-state index in [1.807, 2.05) is 0 Å². The van der Waals surface area contributed by atoms with Crippen LogP contribution in [0.2, 0.25) is 5.02 Å². The quantitative estimate of drug-likeness (QED) is 0.225. The summed E-state index contributed by atoms with van der Waals surface area (Å²) in [6.45, 7) is 0. The zero-order chi connectivity index (χ0) is 22.5. The maximum atomic E-state index is 13.6. The molecule has 0 atom stereocenters. The van der Waals surface area contributed by atoms with Gasteiger partial charge >= 0.3 is 5.97 Å². The number of benzene rings is 3. The van der Waals surface area contributed by atoms with Crippen LogP contribution in [-0.2, 0) is 4.79 Å². The van der Waals surface area contributed by atoms with Crippen molar-refractivity contribution in [2.45, 2.75) is 0 Å². The monoisotopic (exact) mass is 467 g/mol. The SMILES string of the molecule is O=C(Oc1ccccc1/C=N/N=C1\SCC(=O)N1c1cccc(F)c1)c1ccc(Cl)cc1. The van der Waals surface area contributed by atoms with Gasteiger partial charge in [0.05, 0.1) is 23.2 Å². The van der Waals surface area contributed by atoms with Crippen molar-refractivity contribution in [3.63, 3.8) is 0 Å². The van der Waals surface area contributed by atoms with E-state index in [1.54, 1.807) is 54.6 Å². The lowest BCUT2D eigenvalue weighted by Crippen LogP contribution is -2.29. The van der Waals surface area contributed by atoms with Crippen LogP contribution in [0.25, 0.3) is 0 Å². The molecule has 0 unspecified atom stereocenters. The second-order valence-electron chi connectivity index (χ2n) is 6.56. The maximum Gasteiger partial charge on any atom is 0.343 e. The predicted octanol–water partition coefficient (Wildman–Crippen LogP) is 5.17. The van der Waals surface area contributed by atoms with Gasteiger partial charge in [-0.1, -0.05) is 41.6 Å². The number of carbonyl (C=O) groups is 2. The molecule has 0 N–H and O–H groups in total. The molecular weight excluding hydrogens is 453 g/mol. The van der Waals surface area contributed by atoms with E-state index in [1.165, 1.54) is 41.1 Å². The summed E-state index contributed by atoms with van der Waals surface area (Å²) in [5, 5.41) is 9.02. The van der Waals surface area contributed by atoms with Gasteiger partial charge in [0, 0.05) is 10.6 Å². The molecule has 1 saturated heterocycles. The molecule has 1 aliphatic heterocycles. The Morgan fingerprint density at radius 2 is 1.88 bits per heavy atom. The Balaban J connectivity index is 1.53. The van der Waals surface area contributed by atoms with Gasteiger partial charge in [0.15, 0.2) is 5.17 Å². The van der Waals surface area contributed by atoms with Crippen LogP contribution in [0.4, 0.5) is 10.1 Å². The summed E-state index contributed by atoms with van der Waals surface area (Å²) in [4.78, 5) is 26.0. The zero-order valence-corrected chi connectivity index (χ0v) is 18.0. The van der Waals surface area contributed by atoms with Gasteiger partial charge in [-0.05, 0) is 54.6 Å². The highest BCUT2D eigenvalue weighted by atomic mass is 35.5. The molecule has 3 aromatic carbocycles. The van der Waals surface area contributed by atoms with Crippen molar-refractivity contribution in [1.82, 2.24) is 0 Å². The van der Waals surface area contributed by atoms with E-state index in [-0.39, 0.29) is 11.7 Å². The van der Waals surface area contributed by atoms with Crippen LogP contribution in [-0.4, -0.2) is 29.0 Å². The molecule has 6 nitrogen and oxygen atoms in total. The number of ether oxygens (including phenoxy) is 1. The number of carbonyl (C=O) groups excluding carboxylic acids is 2. The van der Waals surface area contributed by atoms with Gasteiger partial charge in [-0.25, -0.2) is 9.18 Å². The highest BCUT2D eigenvalue weighted by Gasteiger charge is 2.30. The number of halogens is 2. The van der Waals surface area contributed by atoms with E-state index in [0.717, 1.165) is 0 Å². The Hall–Kier alpha value is -3.49. The summed E-state index contributed by atoms with van der Waals surface area (Å²) < 4.78 is 19.1. The Morgan fingerprint density at radius 1 is 1.09 bits per heavy atom. The molecule has 0 aromatic heterocycles. The second kappa shape index (κ2) is 9.76. The molecule has 3 aromatic rings. The van der Waals surface area contributed by atoms with E-state index in [4.69, 9.17) is 16.3 Å². The summed E-state index contributed by atoms with van der Waals surface area (Å²) in [6, 6.07) is 18.9. The third kappa shape index (κ3) is 5.04. The molecule has 0 saturated carbocycles. The smallest absolute Gasteiger partial charge is 0.343 e. The minimum absolute atomic E-state index is 0.181. The molecule has 0 bridgehead atoms. The topological polar surface area (TPSA) is 71.3 Å². The summed E-state index contributed by atoms with van der Waals surface area (Å²) in [6.07, 6.45) is 1.42. The summed E-state index contributed by atoms with van der Waals surface area (Å²) in [5.74, 6) is -0.727. The molecule has 0 spiro atoms. The molecular formula is C23H15ClFN3O3S. The number of esters is 1. The summed E-state index contributed by atoms with van der Waals surface area (Å²) >= 11 is 7.05. The molecule has 0 aliphatic carbocycles. The molecule has 32 heavy (non-hydrogen) atoms. The van der Waals surface area contributed by atoms with Gasteiger partial charge < -0.3 is 4.74 Å². The van der Waals surface area contributed by atoms with Crippen LogP contribution in [0, 0.1) is 5.82 Å². The third-order valence-corrected chi connectivity index (χ3v) is 5.54. The predicted molar refractivity (Wildman–Crippen MR) is 124 cm³/mol. The second-order valence-corrected chi connectivity index (χ2v) is 7.94. The Labute approximate surface area is 192 Å². The first-order valence-corrected chi connectivity index (χ1v) is 10.8. The highest BCUT2D eigenvalue weighted by molar-refractivity contribution is 8.15. The van der Waals surface area contributed by atoms with Crippen LogP contribution in [0.15, 0.2) is 83.0 Å². The average molecular weight is 468 g/mol. The third-order valence-electron chi connectivity index (χ3n) is 4.37. The van der Waals surface area contributed by atoms with E-state index in [0.29, 0.717) is 32.8 Å². The van der Waals surface area contributed by atoms with Gasteiger partial charge in [0.1, 0.15) is 11.6 Å². The van der Waals surface area contributed by atoms with Crippen molar-refractivity contribution >= 4 is 52.3 Å². The standard InChI is InChI=1S/C23H15ClFN3O3S/c24-17-10-8-15(9-11-17)22(30)31-20-7-2-1-4-16(20)13-26-27-23-28(21(29)14-32-23)19-6-3-5-18(25)12-19/h1-13H,14H2/b26-13+,27-23-. The largest absolute Gasteiger partial charge is 0.422 e. The van der Waals surface area contributed by atoms with E-state index in [2.05, 4.69) is 10.2 Å². The van der Waals surface area contributed by atoms with Crippen LogP contribution >= 0.6 is 23.4 Å². The van der Waals surface area contributed by atoms with Crippen LogP contribution in [0.3, 0.4) is 0 Å². The molecule has 1 amide bonds. The van der Waals surface area contributed by atoms with Gasteiger partial charge in [0.2, 0.25) is 5.91 Å². The first kappa shape index (κ1) is 21.7. The van der Waals surface area contributed by atoms with E-state index in [9.17, 15) is 14.0 Å². The van der Waals surface area contributed by atoms with Crippen molar-refractivity contribution in [3.05, 3.63) is 94.8 Å². The number of hydrogen-bond donors (Lipinski definition) is 0. The fraction of sp³-hybridized carbons (Fsp3) is 0.0435. The highest BCUT2D eigenvalue weighted by Crippen LogP contribution is 2.27. The molecule has 0 radical (unpaired) electrons. The van der Waals surface area contributed by atoms with Crippen molar-refractivity contribution < 1.29 is 18.7 Å². The number of hydrogen-bond acceptors (Lipinski definition) is 6. The molecule has 9 heteroatoms. The number of nitrogens with zero attached hydrogens (tertiary/aromatic N) is 3. The fourth-order valence-electron chi connectivity index (χ4n) is 2.87. The molecule has 1 fully saturated rings. The van der Waals surface area contributed by atoms with Crippen molar-refractivity contribution in [2.75, 3.05) is 10.7 Å². The van der Waals surface area contributed by atoms with Crippen LogP contribution in [0.1, 0.15) is 15.9 Å². The number of rotatable bonds is 5. The lowest BCUT2D eigenvalue weighted by atomic mass is 10.2. The van der Waals surface area contributed by atoms with Crippen molar-refractivity contribution in [3.8, 4) is 5.75 Å². The Morgan fingerprint density at radius 3 is 2.66 bits per heavy atom. The zero-order valence-electron chi connectivity index (χ0n) is 16.4. The molecule has 160 valence electrons. The minimum Gasteiger partial charge on any atom is -0.422 e. The van der Waals surface area contributed by atoms with Gasteiger partial charge in [-0.2, -0.15) is 5.10 Å². The lowest BCUT2D eigenvalue weighted by Gasteiger charge is -2.14. The number of para-hydroxylation sites is 1. The van der Waals surface area contributed by atoms with Gasteiger partial charge in [0.25, 0.3) is 0 Å². The Bertz CT molecular complexity index is 1230. The normalized spacial score (nSPS) is 15.0.